The second-order valence-electron chi connectivity index (χ2n) is 8.60. The molecule has 1 unspecified atom stereocenters. The number of halogens is 6. The highest BCUT2D eigenvalue weighted by molar-refractivity contribution is 5.96. The van der Waals surface area contributed by atoms with E-state index in [2.05, 4.69) is 19.9 Å². The third-order valence-electron chi connectivity index (χ3n) is 6.23. The summed E-state index contributed by atoms with van der Waals surface area (Å²) < 4.78 is 79.5. The van der Waals surface area contributed by atoms with Crippen LogP contribution in [0.25, 0.3) is 33.4 Å². The number of aromatic amines is 2. The predicted molar refractivity (Wildman–Crippen MR) is 121 cm³/mol. The Balaban J connectivity index is 1.56. The molecule has 0 radical (unpaired) electrons. The van der Waals surface area contributed by atoms with Crippen molar-refractivity contribution in [3.05, 3.63) is 64.8 Å². The van der Waals surface area contributed by atoms with Crippen molar-refractivity contribution in [1.82, 2.24) is 19.9 Å². The van der Waals surface area contributed by atoms with Gasteiger partial charge in [0.25, 0.3) is 0 Å². The molecule has 1 saturated heterocycles. The second-order valence-corrected chi connectivity index (χ2v) is 8.60. The Labute approximate surface area is 200 Å². The average molecular weight is 507 g/mol. The van der Waals surface area contributed by atoms with Crippen molar-refractivity contribution in [2.45, 2.75) is 37.7 Å². The van der Waals surface area contributed by atoms with Gasteiger partial charge >= 0.3 is 12.4 Å². The molecule has 2 N–H and O–H groups in total. The van der Waals surface area contributed by atoms with Gasteiger partial charge in [-0.2, -0.15) is 26.3 Å². The van der Waals surface area contributed by atoms with Crippen LogP contribution >= 0.6 is 0 Å². The summed E-state index contributed by atoms with van der Waals surface area (Å²) in [5, 5.41) is 0.551. The highest BCUT2D eigenvalue weighted by Gasteiger charge is 2.45. The number of nitrogens with zero attached hydrogens (tertiary/aromatic N) is 3. The summed E-state index contributed by atoms with van der Waals surface area (Å²) in [4.78, 5) is 26.9. The van der Waals surface area contributed by atoms with Crippen LogP contribution in [0.4, 0.5) is 32.2 Å². The van der Waals surface area contributed by atoms with Gasteiger partial charge in [0.2, 0.25) is 5.56 Å². The molecule has 188 valence electrons. The number of fused-ring (bicyclic) bond motifs is 1. The van der Waals surface area contributed by atoms with Crippen LogP contribution < -0.4 is 10.5 Å². The number of nitrogens with one attached hydrogen (secondary N) is 2. The van der Waals surface area contributed by atoms with E-state index in [-0.39, 0.29) is 18.8 Å². The van der Waals surface area contributed by atoms with E-state index in [0.29, 0.717) is 46.3 Å². The van der Waals surface area contributed by atoms with Gasteiger partial charge in [0, 0.05) is 41.6 Å². The quantitative estimate of drug-likeness (QED) is 0.338. The molecule has 0 spiro atoms. The highest BCUT2D eigenvalue weighted by atomic mass is 19.4. The number of aromatic nitrogens is 4. The Hall–Kier alpha value is -3.83. The molecular formula is C24H19F6N5O. The Morgan fingerprint density at radius 2 is 1.72 bits per heavy atom. The minimum atomic E-state index is -4.56. The van der Waals surface area contributed by atoms with Crippen molar-refractivity contribution in [2.24, 2.45) is 0 Å². The van der Waals surface area contributed by atoms with Crippen LogP contribution in [0, 0.1) is 0 Å². The van der Waals surface area contributed by atoms with Gasteiger partial charge in [-0.05, 0) is 60.7 Å². The van der Waals surface area contributed by atoms with Gasteiger partial charge in [0.05, 0.1) is 0 Å². The molecule has 0 aromatic carbocycles. The zero-order chi connectivity index (χ0) is 25.7. The summed E-state index contributed by atoms with van der Waals surface area (Å²) in [5.41, 5.74) is 0.590. The molecular weight excluding hydrogens is 488 g/mol. The van der Waals surface area contributed by atoms with Crippen LogP contribution in [0.15, 0.2) is 53.6 Å². The number of hydrogen-bond acceptors (Lipinski definition) is 4. The minimum absolute atomic E-state index is 0.0579. The summed E-state index contributed by atoms with van der Waals surface area (Å²) in [6, 6.07) is 6.53. The normalized spacial score (nSPS) is 17.1. The Morgan fingerprint density at radius 1 is 0.917 bits per heavy atom. The zero-order valence-corrected chi connectivity index (χ0v) is 18.5. The largest absolute Gasteiger partial charge is 0.433 e. The third-order valence-corrected chi connectivity index (χ3v) is 6.23. The number of anilines is 1. The van der Waals surface area contributed by atoms with E-state index in [9.17, 15) is 31.1 Å². The predicted octanol–water partition coefficient (Wildman–Crippen LogP) is 5.92. The summed E-state index contributed by atoms with van der Waals surface area (Å²) in [6.07, 6.45) is -5.48. The lowest BCUT2D eigenvalue weighted by molar-refractivity contribution is -0.152. The first-order valence-corrected chi connectivity index (χ1v) is 11.1. The average Bonchev–Trinajstić information content (AvgIpc) is 3.27. The molecule has 1 aliphatic heterocycles. The van der Waals surface area contributed by atoms with Crippen molar-refractivity contribution < 1.29 is 26.3 Å². The molecule has 5 rings (SSSR count). The molecule has 0 aliphatic carbocycles. The number of H-pyrrole nitrogens is 2. The van der Waals surface area contributed by atoms with Crippen molar-refractivity contribution in [2.75, 3.05) is 11.4 Å². The van der Waals surface area contributed by atoms with Crippen molar-refractivity contribution >= 4 is 16.9 Å². The Bertz CT molecular complexity index is 1460. The van der Waals surface area contributed by atoms with E-state index in [4.69, 9.17) is 0 Å². The fourth-order valence-electron chi connectivity index (χ4n) is 4.55. The van der Waals surface area contributed by atoms with Crippen LogP contribution in [0.5, 0.6) is 0 Å². The minimum Gasteiger partial charge on any atom is -0.346 e. The lowest BCUT2D eigenvalue weighted by atomic mass is 10.0. The SMILES string of the molecule is O=c1cc(-c2ccnc3[nH]c(-c4ccc(C(F)(F)F)nc4)cc23)cc(N2CCCCC2C(F)(F)F)[nH]1. The molecule has 5 heterocycles. The molecule has 1 fully saturated rings. The highest BCUT2D eigenvalue weighted by Crippen LogP contribution is 2.37. The molecule has 0 saturated carbocycles. The van der Waals surface area contributed by atoms with Gasteiger partial charge in [-0.25, -0.2) is 4.98 Å². The maximum Gasteiger partial charge on any atom is 0.433 e. The fraction of sp³-hybridized carbons (Fsp3) is 0.292. The van der Waals surface area contributed by atoms with Crippen LogP contribution in [-0.4, -0.2) is 38.7 Å². The molecule has 1 atom stereocenters. The van der Waals surface area contributed by atoms with E-state index in [1.807, 2.05) is 0 Å². The molecule has 4 aromatic heterocycles. The number of alkyl halides is 6. The first-order valence-electron chi connectivity index (χ1n) is 11.1. The summed E-state index contributed by atoms with van der Waals surface area (Å²) >= 11 is 0. The first-order chi connectivity index (χ1) is 17.0. The number of hydrogen-bond donors (Lipinski definition) is 2. The Kier molecular flexibility index (Phi) is 5.76. The van der Waals surface area contributed by atoms with Gasteiger partial charge < -0.3 is 14.9 Å². The summed E-state index contributed by atoms with van der Waals surface area (Å²) in [7, 11) is 0. The maximum atomic E-state index is 13.7. The van der Waals surface area contributed by atoms with Gasteiger partial charge in [-0.1, -0.05) is 0 Å². The third kappa shape index (κ3) is 4.54. The molecule has 4 aromatic rings. The van der Waals surface area contributed by atoms with Crippen molar-refractivity contribution in [1.29, 1.82) is 0 Å². The van der Waals surface area contributed by atoms with E-state index in [1.54, 1.807) is 12.1 Å². The maximum absolute atomic E-state index is 13.7. The zero-order valence-electron chi connectivity index (χ0n) is 18.5. The van der Waals surface area contributed by atoms with Crippen LogP contribution in [0.2, 0.25) is 0 Å². The van der Waals surface area contributed by atoms with E-state index in [1.165, 1.54) is 29.3 Å². The number of rotatable bonds is 3. The number of pyridine rings is 3. The molecule has 12 heteroatoms. The number of piperidine rings is 1. The lowest BCUT2D eigenvalue weighted by Crippen LogP contribution is -2.49. The van der Waals surface area contributed by atoms with Gasteiger partial charge in [-0.3, -0.25) is 9.78 Å². The lowest BCUT2D eigenvalue weighted by Gasteiger charge is -2.38. The van der Waals surface area contributed by atoms with Crippen molar-refractivity contribution in [3.8, 4) is 22.4 Å². The molecule has 6 nitrogen and oxygen atoms in total. The first kappa shape index (κ1) is 23.9. The molecule has 0 bridgehead atoms. The smallest absolute Gasteiger partial charge is 0.346 e. The second kappa shape index (κ2) is 8.68. The van der Waals surface area contributed by atoms with Crippen molar-refractivity contribution in [3.63, 3.8) is 0 Å². The molecule has 36 heavy (non-hydrogen) atoms. The van der Waals surface area contributed by atoms with E-state index < -0.39 is 29.6 Å². The summed E-state index contributed by atoms with van der Waals surface area (Å²) in [5.74, 6) is 0.0761. The van der Waals surface area contributed by atoms with Crippen LogP contribution in [-0.2, 0) is 6.18 Å². The van der Waals surface area contributed by atoms with Crippen LogP contribution in [0.3, 0.4) is 0 Å². The van der Waals surface area contributed by atoms with E-state index >= 15 is 0 Å². The summed E-state index contributed by atoms with van der Waals surface area (Å²) in [6.45, 7) is 0.157. The Morgan fingerprint density at radius 3 is 2.42 bits per heavy atom. The fourth-order valence-corrected chi connectivity index (χ4v) is 4.55. The molecule has 0 amide bonds. The van der Waals surface area contributed by atoms with Gasteiger partial charge in [0.15, 0.2) is 0 Å². The van der Waals surface area contributed by atoms with Gasteiger partial charge in [0.1, 0.15) is 23.2 Å². The monoisotopic (exact) mass is 507 g/mol. The molecule has 1 aliphatic rings. The van der Waals surface area contributed by atoms with E-state index in [0.717, 1.165) is 12.3 Å². The van der Waals surface area contributed by atoms with Gasteiger partial charge in [-0.15, -0.1) is 0 Å². The topological polar surface area (TPSA) is 77.7 Å². The standard InChI is InChI=1S/C24H19F6N5O/c25-23(26,27)18-5-4-13(12-32-18)17-11-16-15(6-7-31-22(16)33-17)14-9-20(34-21(36)10-14)35-8-2-1-3-19(35)24(28,29)30/h4-7,9-12,19H,1-3,8H2,(H,31,33)(H,34,36). The van der Waals surface area contributed by atoms with Crippen LogP contribution in [0.1, 0.15) is 25.0 Å².